The Labute approximate surface area is 126 Å². The molecule has 1 N–H and O–H groups in total. The number of rotatable bonds is 11. The summed E-state index contributed by atoms with van der Waals surface area (Å²) in [4.78, 5) is 2.60. The molecule has 1 aliphatic heterocycles. The third kappa shape index (κ3) is 8.93. The van der Waals surface area contributed by atoms with E-state index in [1.54, 1.807) is 0 Å². The quantitative estimate of drug-likeness (QED) is 0.589. The molecule has 1 heterocycles. The molecule has 1 unspecified atom stereocenters. The Morgan fingerprint density at radius 1 is 1.20 bits per heavy atom. The molecule has 0 aromatic rings. The zero-order valence-electron chi connectivity index (χ0n) is 14.0. The van der Waals surface area contributed by atoms with E-state index in [1.165, 1.54) is 58.2 Å². The molecule has 3 nitrogen and oxygen atoms in total. The molecule has 0 saturated carbocycles. The third-order valence-electron chi connectivity index (χ3n) is 4.00. The van der Waals surface area contributed by atoms with Crippen LogP contribution < -0.4 is 5.32 Å². The molecule has 3 heteroatoms. The van der Waals surface area contributed by atoms with Crippen LogP contribution in [0.1, 0.15) is 59.3 Å². The Bertz CT molecular complexity index is 219. The zero-order chi connectivity index (χ0) is 14.6. The molecule has 0 aromatic heterocycles. The number of nitrogens with one attached hydrogen (secondary N) is 1. The minimum Gasteiger partial charge on any atom is -0.377 e. The van der Waals surface area contributed by atoms with Crippen LogP contribution in [0, 0.1) is 5.92 Å². The smallest absolute Gasteiger partial charge is 0.0702 e. The van der Waals surface area contributed by atoms with Crippen LogP contribution in [0.15, 0.2) is 0 Å². The molecule has 1 saturated heterocycles. The maximum atomic E-state index is 5.75. The van der Waals surface area contributed by atoms with E-state index in [2.05, 4.69) is 31.0 Å². The van der Waals surface area contributed by atoms with Gasteiger partial charge in [0.05, 0.1) is 6.10 Å². The molecule has 0 bridgehead atoms. The molecule has 1 aliphatic rings. The number of ether oxygens (including phenoxy) is 1. The topological polar surface area (TPSA) is 24.5 Å². The normalized spacial score (nSPS) is 20.7. The number of likely N-dealkylation sites (tertiary alicyclic amines) is 1. The van der Waals surface area contributed by atoms with E-state index in [4.69, 9.17) is 4.74 Å². The lowest BCUT2D eigenvalue weighted by Gasteiger charge is -2.32. The van der Waals surface area contributed by atoms with E-state index >= 15 is 0 Å². The molecular weight excluding hydrogens is 248 g/mol. The molecule has 0 amide bonds. The molecule has 0 aliphatic carbocycles. The average molecular weight is 284 g/mol. The highest BCUT2D eigenvalue weighted by molar-refractivity contribution is 4.73. The van der Waals surface area contributed by atoms with Crippen molar-refractivity contribution in [2.45, 2.75) is 65.4 Å². The van der Waals surface area contributed by atoms with E-state index in [0.29, 0.717) is 6.10 Å². The molecule has 0 spiro atoms. The number of nitrogens with zero attached hydrogens (tertiary/aromatic N) is 1. The van der Waals surface area contributed by atoms with Crippen LogP contribution in [0.3, 0.4) is 0 Å². The highest BCUT2D eigenvalue weighted by atomic mass is 16.5. The zero-order valence-corrected chi connectivity index (χ0v) is 14.0. The Kier molecular flexibility index (Phi) is 10.3. The van der Waals surface area contributed by atoms with Crippen molar-refractivity contribution in [1.29, 1.82) is 0 Å². The van der Waals surface area contributed by atoms with Gasteiger partial charge in [-0.25, -0.2) is 0 Å². The summed E-state index contributed by atoms with van der Waals surface area (Å²) in [6.45, 7) is 13.5. The summed E-state index contributed by atoms with van der Waals surface area (Å²) in [5.41, 5.74) is 0. The number of unbranched alkanes of at least 4 members (excludes halogenated alkanes) is 3. The molecule has 0 radical (unpaired) electrons. The third-order valence-corrected chi connectivity index (χ3v) is 4.00. The predicted octanol–water partition coefficient (Wildman–Crippen LogP) is 3.29. The first-order valence-corrected chi connectivity index (χ1v) is 8.77. The summed E-state index contributed by atoms with van der Waals surface area (Å²) in [5.74, 6) is 0.771. The van der Waals surface area contributed by atoms with Crippen molar-refractivity contribution in [3.8, 4) is 0 Å². The first kappa shape index (κ1) is 17.9. The maximum Gasteiger partial charge on any atom is 0.0702 e. The molecule has 120 valence electrons. The van der Waals surface area contributed by atoms with Gasteiger partial charge in [0, 0.05) is 13.2 Å². The first-order valence-electron chi connectivity index (χ1n) is 8.77. The molecule has 0 aromatic carbocycles. The average Bonchev–Trinajstić information content (AvgIpc) is 2.42. The van der Waals surface area contributed by atoms with Gasteiger partial charge in [-0.3, -0.25) is 0 Å². The van der Waals surface area contributed by atoms with Crippen LogP contribution in [-0.4, -0.2) is 50.3 Å². The van der Waals surface area contributed by atoms with Crippen molar-refractivity contribution in [3.63, 3.8) is 0 Å². The second-order valence-electron chi connectivity index (χ2n) is 6.53. The van der Waals surface area contributed by atoms with Gasteiger partial charge in [-0.1, -0.05) is 26.7 Å². The fourth-order valence-electron chi connectivity index (χ4n) is 2.92. The van der Waals surface area contributed by atoms with Gasteiger partial charge in [-0.05, 0) is 64.7 Å². The fourth-order valence-corrected chi connectivity index (χ4v) is 2.92. The molecule has 1 atom stereocenters. The Balaban J connectivity index is 1.90. The van der Waals surface area contributed by atoms with Crippen LogP contribution in [-0.2, 0) is 4.74 Å². The lowest BCUT2D eigenvalue weighted by atomic mass is 10.1. The standard InChI is InChI=1S/C17H36N2O/c1-4-20-17-10-9-13-19(15-17)12-8-6-5-7-11-18-14-16(2)3/h16-18H,4-15H2,1-3H3. The molecule has 1 rings (SSSR count). The Hall–Kier alpha value is -0.120. The van der Waals surface area contributed by atoms with Crippen LogP contribution in [0.2, 0.25) is 0 Å². The van der Waals surface area contributed by atoms with Gasteiger partial charge in [-0.2, -0.15) is 0 Å². The van der Waals surface area contributed by atoms with E-state index in [0.717, 1.165) is 25.6 Å². The number of hydrogen-bond acceptors (Lipinski definition) is 3. The van der Waals surface area contributed by atoms with Gasteiger partial charge in [0.25, 0.3) is 0 Å². The van der Waals surface area contributed by atoms with Gasteiger partial charge < -0.3 is 15.0 Å². The second kappa shape index (κ2) is 11.5. The van der Waals surface area contributed by atoms with Crippen molar-refractivity contribution < 1.29 is 4.74 Å². The van der Waals surface area contributed by atoms with Crippen molar-refractivity contribution in [2.75, 3.05) is 39.3 Å². The summed E-state index contributed by atoms with van der Waals surface area (Å²) in [6, 6.07) is 0. The summed E-state index contributed by atoms with van der Waals surface area (Å²) < 4.78 is 5.75. The molecule has 20 heavy (non-hydrogen) atoms. The van der Waals surface area contributed by atoms with E-state index in [-0.39, 0.29) is 0 Å². The van der Waals surface area contributed by atoms with Crippen LogP contribution >= 0.6 is 0 Å². The van der Waals surface area contributed by atoms with E-state index < -0.39 is 0 Å². The van der Waals surface area contributed by atoms with Crippen molar-refractivity contribution >= 4 is 0 Å². The van der Waals surface area contributed by atoms with Gasteiger partial charge in [0.15, 0.2) is 0 Å². The number of hydrogen-bond donors (Lipinski definition) is 1. The summed E-state index contributed by atoms with van der Waals surface area (Å²) in [6.07, 6.45) is 8.48. The Morgan fingerprint density at radius 2 is 2.00 bits per heavy atom. The summed E-state index contributed by atoms with van der Waals surface area (Å²) >= 11 is 0. The molecular formula is C17H36N2O. The van der Waals surface area contributed by atoms with Crippen molar-refractivity contribution in [2.24, 2.45) is 5.92 Å². The van der Waals surface area contributed by atoms with Crippen molar-refractivity contribution in [3.05, 3.63) is 0 Å². The Morgan fingerprint density at radius 3 is 2.75 bits per heavy atom. The minimum atomic E-state index is 0.494. The van der Waals surface area contributed by atoms with E-state index in [9.17, 15) is 0 Å². The largest absolute Gasteiger partial charge is 0.377 e. The lowest BCUT2D eigenvalue weighted by Crippen LogP contribution is -2.40. The van der Waals surface area contributed by atoms with Crippen LogP contribution in [0.25, 0.3) is 0 Å². The van der Waals surface area contributed by atoms with Gasteiger partial charge in [0.2, 0.25) is 0 Å². The molecule has 1 fully saturated rings. The highest BCUT2D eigenvalue weighted by Crippen LogP contribution is 2.14. The van der Waals surface area contributed by atoms with Crippen LogP contribution in [0.4, 0.5) is 0 Å². The first-order chi connectivity index (χ1) is 9.72. The summed E-state index contributed by atoms with van der Waals surface area (Å²) in [7, 11) is 0. The highest BCUT2D eigenvalue weighted by Gasteiger charge is 2.19. The fraction of sp³-hybridized carbons (Fsp3) is 1.00. The van der Waals surface area contributed by atoms with Gasteiger partial charge in [0.1, 0.15) is 0 Å². The predicted molar refractivity (Wildman–Crippen MR) is 87.3 cm³/mol. The SMILES string of the molecule is CCOC1CCCN(CCCCCCNCC(C)C)C1. The monoisotopic (exact) mass is 284 g/mol. The van der Waals surface area contributed by atoms with Gasteiger partial charge >= 0.3 is 0 Å². The lowest BCUT2D eigenvalue weighted by molar-refractivity contribution is 0.00558. The second-order valence-corrected chi connectivity index (χ2v) is 6.53. The van der Waals surface area contributed by atoms with Crippen molar-refractivity contribution in [1.82, 2.24) is 10.2 Å². The van der Waals surface area contributed by atoms with Crippen LogP contribution in [0.5, 0.6) is 0 Å². The minimum absolute atomic E-state index is 0.494. The summed E-state index contributed by atoms with van der Waals surface area (Å²) in [5, 5.41) is 3.52. The maximum absolute atomic E-state index is 5.75. The van der Waals surface area contributed by atoms with Gasteiger partial charge in [-0.15, -0.1) is 0 Å². The van der Waals surface area contributed by atoms with E-state index in [1.807, 2.05) is 0 Å². The number of piperidine rings is 1.